The molecule has 1 aliphatic carbocycles. The lowest BCUT2D eigenvalue weighted by molar-refractivity contribution is 0.130. The standard InChI is InChI=1S/C17H27N3/c1-2-10-17(11-6-12-17)14-20-16(18)19-13-9-15-7-4-3-5-8-15/h3-5,7-8H,2,6,9-14H2,1H3,(H3,18,19,20). The van der Waals surface area contributed by atoms with Crippen LogP contribution in [0.2, 0.25) is 0 Å². The summed E-state index contributed by atoms with van der Waals surface area (Å²) in [6.07, 6.45) is 7.52. The second-order valence-corrected chi connectivity index (χ2v) is 5.97. The fraction of sp³-hybridized carbons (Fsp3) is 0.588. The van der Waals surface area contributed by atoms with Crippen molar-refractivity contribution in [3.05, 3.63) is 35.9 Å². The first-order valence-electron chi connectivity index (χ1n) is 7.82. The normalized spacial score (nSPS) is 17.6. The van der Waals surface area contributed by atoms with Crippen molar-refractivity contribution in [1.82, 2.24) is 5.32 Å². The first kappa shape index (κ1) is 14.9. The molecule has 0 aliphatic heterocycles. The third-order valence-electron chi connectivity index (χ3n) is 4.34. The van der Waals surface area contributed by atoms with Crippen LogP contribution in [0.4, 0.5) is 0 Å². The maximum Gasteiger partial charge on any atom is 0.188 e. The van der Waals surface area contributed by atoms with Gasteiger partial charge in [0.2, 0.25) is 0 Å². The number of nitrogens with zero attached hydrogens (tertiary/aromatic N) is 1. The zero-order valence-corrected chi connectivity index (χ0v) is 12.6. The molecule has 0 amide bonds. The van der Waals surface area contributed by atoms with Gasteiger partial charge in [0.15, 0.2) is 5.96 Å². The lowest BCUT2D eigenvalue weighted by atomic mass is 9.66. The topological polar surface area (TPSA) is 50.4 Å². The Morgan fingerprint density at radius 1 is 1.30 bits per heavy atom. The van der Waals surface area contributed by atoms with Crippen molar-refractivity contribution in [2.24, 2.45) is 16.1 Å². The van der Waals surface area contributed by atoms with E-state index in [1.54, 1.807) is 0 Å². The summed E-state index contributed by atoms with van der Waals surface area (Å²) in [7, 11) is 0. The molecule has 1 aromatic rings. The molecule has 1 saturated carbocycles. The van der Waals surface area contributed by atoms with Crippen molar-refractivity contribution in [3.63, 3.8) is 0 Å². The third-order valence-corrected chi connectivity index (χ3v) is 4.34. The molecule has 3 heteroatoms. The number of rotatable bonds is 7. The van der Waals surface area contributed by atoms with E-state index in [2.05, 4.69) is 41.5 Å². The van der Waals surface area contributed by atoms with Crippen LogP contribution in [0.3, 0.4) is 0 Å². The lowest BCUT2D eigenvalue weighted by Crippen LogP contribution is -2.37. The van der Waals surface area contributed by atoms with E-state index in [0.29, 0.717) is 11.4 Å². The number of guanidine groups is 1. The van der Waals surface area contributed by atoms with Crippen LogP contribution in [0.5, 0.6) is 0 Å². The highest BCUT2D eigenvalue weighted by atomic mass is 15.1. The van der Waals surface area contributed by atoms with E-state index in [4.69, 9.17) is 5.73 Å². The average molecular weight is 273 g/mol. The highest BCUT2D eigenvalue weighted by Crippen LogP contribution is 2.44. The van der Waals surface area contributed by atoms with Gasteiger partial charge in [0, 0.05) is 13.1 Å². The summed E-state index contributed by atoms with van der Waals surface area (Å²) in [5, 5.41) is 3.22. The summed E-state index contributed by atoms with van der Waals surface area (Å²) in [6, 6.07) is 10.5. The van der Waals surface area contributed by atoms with Gasteiger partial charge in [0.1, 0.15) is 0 Å². The molecule has 0 radical (unpaired) electrons. The zero-order valence-electron chi connectivity index (χ0n) is 12.6. The van der Waals surface area contributed by atoms with Crippen molar-refractivity contribution in [1.29, 1.82) is 0 Å². The van der Waals surface area contributed by atoms with Crippen LogP contribution in [0.15, 0.2) is 35.3 Å². The SMILES string of the molecule is CCCC1(CN=C(N)NCCc2ccccc2)CCC1. The molecule has 20 heavy (non-hydrogen) atoms. The highest BCUT2D eigenvalue weighted by Gasteiger charge is 2.35. The van der Waals surface area contributed by atoms with Crippen LogP contribution in [0.25, 0.3) is 0 Å². The van der Waals surface area contributed by atoms with Gasteiger partial charge in [-0.25, -0.2) is 0 Å². The fourth-order valence-electron chi connectivity index (χ4n) is 2.98. The number of hydrogen-bond donors (Lipinski definition) is 2. The maximum absolute atomic E-state index is 5.96. The molecule has 0 bridgehead atoms. The number of hydrogen-bond acceptors (Lipinski definition) is 1. The molecule has 1 fully saturated rings. The van der Waals surface area contributed by atoms with Crippen LogP contribution in [0, 0.1) is 5.41 Å². The second-order valence-electron chi connectivity index (χ2n) is 5.97. The number of nitrogens with two attached hydrogens (primary N) is 1. The van der Waals surface area contributed by atoms with Crippen LogP contribution in [-0.4, -0.2) is 19.0 Å². The Bertz CT molecular complexity index is 421. The monoisotopic (exact) mass is 273 g/mol. The van der Waals surface area contributed by atoms with Gasteiger partial charge in [-0.2, -0.15) is 0 Å². The van der Waals surface area contributed by atoms with E-state index in [1.807, 2.05) is 6.07 Å². The molecule has 0 heterocycles. The summed E-state index contributed by atoms with van der Waals surface area (Å²) in [4.78, 5) is 4.55. The maximum atomic E-state index is 5.96. The summed E-state index contributed by atoms with van der Waals surface area (Å²) < 4.78 is 0. The van der Waals surface area contributed by atoms with E-state index < -0.39 is 0 Å². The molecule has 0 saturated heterocycles. The summed E-state index contributed by atoms with van der Waals surface area (Å²) in [5.74, 6) is 0.600. The van der Waals surface area contributed by atoms with Gasteiger partial charge >= 0.3 is 0 Å². The van der Waals surface area contributed by atoms with E-state index >= 15 is 0 Å². The first-order valence-corrected chi connectivity index (χ1v) is 7.82. The molecule has 2 rings (SSSR count). The predicted octanol–water partition coefficient (Wildman–Crippen LogP) is 3.10. The molecular weight excluding hydrogens is 246 g/mol. The van der Waals surface area contributed by atoms with E-state index in [9.17, 15) is 0 Å². The Kier molecular flexibility index (Phi) is 5.45. The Morgan fingerprint density at radius 2 is 2.05 bits per heavy atom. The Labute approximate surface area is 122 Å². The molecule has 1 aliphatic rings. The van der Waals surface area contributed by atoms with Crippen molar-refractivity contribution in [3.8, 4) is 0 Å². The Morgan fingerprint density at radius 3 is 2.65 bits per heavy atom. The van der Waals surface area contributed by atoms with Gasteiger partial charge in [-0.3, -0.25) is 4.99 Å². The van der Waals surface area contributed by atoms with Crippen LogP contribution >= 0.6 is 0 Å². The van der Waals surface area contributed by atoms with Gasteiger partial charge in [-0.05, 0) is 36.7 Å². The number of benzene rings is 1. The van der Waals surface area contributed by atoms with Crippen molar-refractivity contribution in [2.45, 2.75) is 45.4 Å². The zero-order chi connectivity index (χ0) is 14.3. The fourth-order valence-corrected chi connectivity index (χ4v) is 2.98. The minimum absolute atomic E-state index is 0.459. The van der Waals surface area contributed by atoms with Crippen molar-refractivity contribution < 1.29 is 0 Å². The van der Waals surface area contributed by atoms with Crippen LogP contribution < -0.4 is 11.1 Å². The first-order chi connectivity index (χ1) is 9.74. The summed E-state index contributed by atoms with van der Waals surface area (Å²) >= 11 is 0. The number of nitrogens with one attached hydrogen (secondary N) is 1. The molecule has 0 unspecified atom stereocenters. The van der Waals surface area contributed by atoms with Crippen LogP contribution in [-0.2, 0) is 6.42 Å². The van der Waals surface area contributed by atoms with Gasteiger partial charge in [0.05, 0.1) is 0 Å². The number of aliphatic imine (C=N–C) groups is 1. The van der Waals surface area contributed by atoms with Gasteiger partial charge in [0.25, 0.3) is 0 Å². The third kappa shape index (κ3) is 4.26. The molecule has 0 aromatic heterocycles. The quantitative estimate of drug-likeness (QED) is 0.592. The van der Waals surface area contributed by atoms with E-state index in [-0.39, 0.29) is 0 Å². The average Bonchev–Trinajstić information content (AvgIpc) is 2.43. The molecular formula is C17H27N3. The molecule has 0 atom stereocenters. The van der Waals surface area contributed by atoms with Crippen LogP contribution in [0.1, 0.15) is 44.6 Å². The molecule has 3 nitrogen and oxygen atoms in total. The summed E-state index contributed by atoms with van der Waals surface area (Å²) in [6.45, 7) is 4.00. The van der Waals surface area contributed by atoms with E-state index in [0.717, 1.165) is 19.5 Å². The molecule has 110 valence electrons. The minimum atomic E-state index is 0.459. The minimum Gasteiger partial charge on any atom is -0.370 e. The largest absolute Gasteiger partial charge is 0.370 e. The molecule has 1 aromatic carbocycles. The Balaban J connectivity index is 1.71. The van der Waals surface area contributed by atoms with E-state index in [1.165, 1.54) is 37.7 Å². The van der Waals surface area contributed by atoms with Gasteiger partial charge in [-0.1, -0.05) is 50.1 Å². The molecule has 0 spiro atoms. The summed E-state index contributed by atoms with van der Waals surface area (Å²) in [5.41, 5.74) is 7.75. The lowest BCUT2D eigenvalue weighted by Gasteiger charge is -2.40. The second kappa shape index (κ2) is 7.32. The van der Waals surface area contributed by atoms with Gasteiger partial charge in [-0.15, -0.1) is 0 Å². The highest BCUT2D eigenvalue weighted by molar-refractivity contribution is 5.77. The predicted molar refractivity (Wildman–Crippen MR) is 85.8 cm³/mol. The molecule has 3 N–H and O–H groups in total. The van der Waals surface area contributed by atoms with Crippen molar-refractivity contribution in [2.75, 3.05) is 13.1 Å². The Hall–Kier alpha value is -1.51. The van der Waals surface area contributed by atoms with Gasteiger partial charge < -0.3 is 11.1 Å². The van der Waals surface area contributed by atoms with Crippen molar-refractivity contribution >= 4 is 5.96 Å². The smallest absolute Gasteiger partial charge is 0.188 e.